The molecule has 2 rings (SSSR count). The molecule has 0 spiro atoms. The van der Waals surface area contributed by atoms with E-state index in [0.717, 1.165) is 42.6 Å². The van der Waals surface area contributed by atoms with E-state index >= 15 is 0 Å². The van der Waals surface area contributed by atoms with Crippen molar-refractivity contribution in [1.82, 2.24) is 10.2 Å². The number of piperazine rings is 1. The van der Waals surface area contributed by atoms with Crippen molar-refractivity contribution >= 4 is 15.9 Å². The number of benzene rings is 1. The van der Waals surface area contributed by atoms with Gasteiger partial charge >= 0.3 is 0 Å². The highest BCUT2D eigenvalue weighted by Crippen LogP contribution is 2.29. The average molecular weight is 331 g/mol. The van der Waals surface area contributed by atoms with Gasteiger partial charge in [-0.05, 0) is 25.0 Å². The van der Waals surface area contributed by atoms with Crippen LogP contribution in [0.5, 0.6) is 0 Å². The standard InChI is InChI=1S/C14H20BrFN2O/c15-11-3-4-12(13(16)10-11)14(2-1-9-19)18-7-5-17-6-8-18/h3-4,10,14,17,19H,1-2,5-9H2/t14-/m0/s1. The highest BCUT2D eigenvalue weighted by molar-refractivity contribution is 9.10. The summed E-state index contributed by atoms with van der Waals surface area (Å²) in [5.41, 5.74) is 0.735. The molecule has 0 radical (unpaired) electrons. The molecule has 1 fully saturated rings. The lowest BCUT2D eigenvalue weighted by molar-refractivity contribution is 0.151. The van der Waals surface area contributed by atoms with Gasteiger partial charge in [0, 0.05) is 48.9 Å². The summed E-state index contributed by atoms with van der Waals surface area (Å²) in [5, 5.41) is 12.4. The van der Waals surface area contributed by atoms with E-state index in [1.165, 1.54) is 6.07 Å². The van der Waals surface area contributed by atoms with E-state index in [1.54, 1.807) is 0 Å². The van der Waals surface area contributed by atoms with E-state index in [9.17, 15) is 4.39 Å². The predicted octanol–water partition coefficient (Wildman–Crippen LogP) is 2.31. The molecule has 0 amide bonds. The average Bonchev–Trinajstić information content (AvgIpc) is 2.42. The van der Waals surface area contributed by atoms with Crippen molar-refractivity contribution in [3.8, 4) is 0 Å². The quantitative estimate of drug-likeness (QED) is 0.869. The molecule has 1 aliphatic rings. The monoisotopic (exact) mass is 330 g/mol. The van der Waals surface area contributed by atoms with Crippen LogP contribution < -0.4 is 5.32 Å². The maximum atomic E-state index is 14.1. The van der Waals surface area contributed by atoms with Gasteiger partial charge in [-0.3, -0.25) is 4.90 Å². The summed E-state index contributed by atoms with van der Waals surface area (Å²) >= 11 is 3.29. The lowest BCUT2D eigenvalue weighted by atomic mass is 9.99. The van der Waals surface area contributed by atoms with Gasteiger partial charge in [0.25, 0.3) is 0 Å². The molecule has 0 aromatic heterocycles. The van der Waals surface area contributed by atoms with E-state index in [4.69, 9.17) is 5.11 Å². The Hall–Kier alpha value is -0.490. The minimum absolute atomic E-state index is 0.0577. The Bertz CT molecular complexity index is 410. The van der Waals surface area contributed by atoms with E-state index in [2.05, 4.69) is 26.1 Å². The number of hydrogen-bond acceptors (Lipinski definition) is 3. The molecule has 1 atom stereocenters. The van der Waals surface area contributed by atoms with Gasteiger partial charge in [0.05, 0.1) is 0 Å². The number of halogens is 2. The van der Waals surface area contributed by atoms with Gasteiger partial charge in [-0.15, -0.1) is 0 Å². The number of nitrogens with zero attached hydrogens (tertiary/aromatic N) is 1. The number of nitrogens with one attached hydrogen (secondary N) is 1. The van der Waals surface area contributed by atoms with Crippen LogP contribution >= 0.6 is 15.9 Å². The summed E-state index contributed by atoms with van der Waals surface area (Å²) in [6.45, 7) is 3.87. The summed E-state index contributed by atoms with van der Waals surface area (Å²) in [6, 6.07) is 5.31. The van der Waals surface area contributed by atoms with Crippen LogP contribution in [0.15, 0.2) is 22.7 Å². The Morgan fingerprint density at radius 2 is 2.11 bits per heavy atom. The van der Waals surface area contributed by atoms with Gasteiger partial charge in [-0.2, -0.15) is 0 Å². The van der Waals surface area contributed by atoms with Gasteiger partial charge in [0.2, 0.25) is 0 Å². The molecule has 1 aromatic rings. The second kappa shape index (κ2) is 7.33. The Kier molecular flexibility index (Phi) is 5.76. The smallest absolute Gasteiger partial charge is 0.129 e. The largest absolute Gasteiger partial charge is 0.396 e. The topological polar surface area (TPSA) is 35.5 Å². The van der Waals surface area contributed by atoms with Crippen molar-refractivity contribution in [2.45, 2.75) is 18.9 Å². The third-order valence-electron chi connectivity index (χ3n) is 3.55. The molecule has 0 unspecified atom stereocenters. The fourth-order valence-corrected chi connectivity index (χ4v) is 2.92. The van der Waals surface area contributed by atoms with Gasteiger partial charge in [0.1, 0.15) is 5.82 Å². The van der Waals surface area contributed by atoms with Crippen LogP contribution in [0.2, 0.25) is 0 Å². The first-order chi connectivity index (χ1) is 9.22. The fourth-order valence-electron chi connectivity index (χ4n) is 2.58. The fraction of sp³-hybridized carbons (Fsp3) is 0.571. The molecule has 0 saturated carbocycles. The molecule has 5 heteroatoms. The first-order valence-electron chi connectivity index (χ1n) is 6.73. The lowest BCUT2D eigenvalue weighted by Crippen LogP contribution is -2.45. The van der Waals surface area contributed by atoms with Gasteiger partial charge in [0.15, 0.2) is 0 Å². The maximum absolute atomic E-state index is 14.1. The third-order valence-corrected chi connectivity index (χ3v) is 4.04. The molecule has 0 aliphatic carbocycles. The Morgan fingerprint density at radius 1 is 1.37 bits per heavy atom. The van der Waals surface area contributed by atoms with E-state index in [1.807, 2.05) is 12.1 Å². The van der Waals surface area contributed by atoms with Crippen molar-refractivity contribution in [3.63, 3.8) is 0 Å². The Balaban J connectivity index is 2.19. The number of aliphatic hydroxyl groups is 1. The molecule has 1 heterocycles. The zero-order chi connectivity index (χ0) is 13.7. The molecule has 3 nitrogen and oxygen atoms in total. The molecule has 2 N–H and O–H groups in total. The zero-order valence-electron chi connectivity index (χ0n) is 10.9. The predicted molar refractivity (Wildman–Crippen MR) is 77.6 cm³/mol. The van der Waals surface area contributed by atoms with Gasteiger partial charge in [-0.25, -0.2) is 4.39 Å². The van der Waals surface area contributed by atoms with Crippen molar-refractivity contribution < 1.29 is 9.50 Å². The van der Waals surface area contributed by atoms with Crippen LogP contribution in [0.1, 0.15) is 24.4 Å². The first kappa shape index (κ1) is 14.9. The Labute approximate surface area is 121 Å². The van der Waals surface area contributed by atoms with Crippen LogP contribution in [0, 0.1) is 5.82 Å². The van der Waals surface area contributed by atoms with Crippen molar-refractivity contribution in [3.05, 3.63) is 34.1 Å². The Morgan fingerprint density at radius 3 is 2.74 bits per heavy atom. The molecule has 1 aromatic carbocycles. The zero-order valence-corrected chi connectivity index (χ0v) is 12.5. The van der Waals surface area contributed by atoms with Crippen LogP contribution in [-0.2, 0) is 0 Å². The number of aliphatic hydroxyl groups excluding tert-OH is 1. The van der Waals surface area contributed by atoms with Crippen LogP contribution in [0.3, 0.4) is 0 Å². The summed E-state index contributed by atoms with van der Waals surface area (Å²) in [4.78, 5) is 2.30. The number of hydrogen-bond donors (Lipinski definition) is 2. The molecule has 19 heavy (non-hydrogen) atoms. The van der Waals surface area contributed by atoms with E-state index in [0.29, 0.717) is 6.42 Å². The molecule has 1 saturated heterocycles. The first-order valence-corrected chi connectivity index (χ1v) is 7.52. The molecule has 0 bridgehead atoms. The normalized spacial score (nSPS) is 18.5. The minimum Gasteiger partial charge on any atom is -0.396 e. The molecular formula is C14H20BrFN2O. The maximum Gasteiger partial charge on any atom is 0.129 e. The van der Waals surface area contributed by atoms with Gasteiger partial charge < -0.3 is 10.4 Å². The summed E-state index contributed by atoms with van der Waals surface area (Å²) < 4.78 is 14.9. The summed E-state index contributed by atoms with van der Waals surface area (Å²) in [6.07, 6.45) is 1.49. The molecular weight excluding hydrogens is 311 g/mol. The highest BCUT2D eigenvalue weighted by Gasteiger charge is 2.24. The second-order valence-electron chi connectivity index (χ2n) is 4.83. The summed E-state index contributed by atoms with van der Waals surface area (Å²) in [7, 11) is 0. The third kappa shape index (κ3) is 3.99. The van der Waals surface area contributed by atoms with E-state index in [-0.39, 0.29) is 18.5 Å². The van der Waals surface area contributed by atoms with Crippen LogP contribution in [-0.4, -0.2) is 42.8 Å². The lowest BCUT2D eigenvalue weighted by Gasteiger charge is -2.35. The molecule has 106 valence electrons. The van der Waals surface area contributed by atoms with Crippen molar-refractivity contribution in [2.24, 2.45) is 0 Å². The van der Waals surface area contributed by atoms with Crippen molar-refractivity contribution in [2.75, 3.05) is 32.8 Å². The second-order valence-corrected chi connectivity index (χ2v) is 5.75. The van der Waals surface area contributed by atoms with E-state index < -0.39 is 0 Å². The van der Waals surface area contributed by atoms with Crippen LogP contribution in [0.4, 0.5) is 4.39 Å². The van der Waals surface area contributed by atoms with Crippen molar-refractivity contribution in [1.29, 1.82) is 0 Å². The van der Waals surface area contributed by atoms with Crippen LogP contribution in [0.25, 0.3) is 0 Å². The molecule has 1 aliphatic heterocycles. The number of rotatable bonds is 5. The minimum atomic E-state index is -0.171. The summed E-state index contributed by atoms with van der Waals surface area (Å²) in [5.74, 6) is -0.171. The highest BCUT2D eigenvalue weighted by atomic mass is 79.9. The SMILES string of the molecule is OCCC[C@@H](c1ccc(Br)cc1F)N1CCNCC1. The van der Waals surface area contributed by atoms with Gasteiger partial charge in [-0.1, -0.05) is 22.0 Å².